The first kappa shape index (κ1) is 11.6. The molecule has 0 saturated carbocycles. The summed E-state index contributed by atoms with van der Waals surface area (Å²) in [5.41, 5.74) is 1.21. The van der Waals surface area contributed by atoms with E-state index in [-0.39, 0.29) is 17.4 Å². The number of rotatable bonds is 3. The van der Waals surface area contributed by atoms with E-state index in [0.717, 1.165) is 5.56 Å². The van der Waals surface area contributed by atoms with Gasteiger partial charge >= 0.3 is 0 Å². The zero-order valence-corrected chi connectivity index (χ0v) is 9.79. The highest BCUT2D eigenvalue weighted by atomic mass is 19.1. The fourth-order valence-electron chi connectivity index (χ4n) is 1.74. The van der Waals surface area contributed by atoms with Gasteiger partial charge in [0.2, 0.25) is 0 Å². The lowest BCUT2D eigenvalue weighted by atomic mass is 10.1. The average molecular weight is 232 g/mol. The zero-order chi connectivity index (χ0) is 12.4. The number of carbonyl (C=O) groups excluding carboxylic acids is 1. The molecular formula is C14H13FO2. The molecule has 1 heterocycles. The molecule has 0 amide bonds. The van der Waals surface area contributed by atoms with Gasteiger partial charge in [0, 0.05) is 6.42 Å². The van der Waals surface area contributed by atoms with Crippen molar-refractivity contribution >= 4 is 5.78 Å². The van der Waals surface area contributed by atoms with Crippen LogP contribution in [-0.2, 0) is 0 Å². The Hall–Kier alpha value is -1.90. The maximum Gasteiger partial charge on any atom is 0.197 e. The van der Waals surface area contributed by atoms with Gasteiger partial charge in [-0.2, -0.15) is 0 Å². The second-order valence-corrected chi connectivity index (χ2v) is 3.87. The molecule has 2 nitrogen and oxygen atoms in total. The Balaban J connectivity index is 2.47. The summed E-state index contributed by atoms with van der Waals surface area (Å²) in [6, 6.07) is 8.06. The van der Waals surface area contributed by atoms with Crippen LogP contribution in [0.5, 0.6) is 0 Å². The summed E-state index contributed by atoms with van der Waals surface area (Å²) in [5.74, 6) is 0.266. The Kier molecular flexibility index (Phi) is 3.09. The van der Waals surface area contributed by atoms with Crippen LogP contribution in [0.1, 0.15) is 29.5 Å². The van der Waals surface area contributed by atoms with Crippen LogP contribution < -0.4 is 0 Å². The van der Waals surface area contributed by atoms with Crippen molar-refractivity contribution in [1.29, 1.82) is 0 Å². The summed E-state index contributed by atoms with van der Waals surface area (Å²) in [5, 5.41) is 0. The Labute approximate surface area is 99.1 Å². The maximum atomic E-state index is 13.7. The first-order valence-corrected chi connectivity index (χ1v) is 5.52. The van der Waals surface area contributed by atoms with Crippen LogP contribution in [0.15, 0.2) is 34.7 Å². The van der Waals surface area contributed by atoms with Crippen LogP contribution in [0.2, 0.25) is 0 Å². The van der Waals surface area contributed by atoms with E-state index in [1.165, 1.54) is 6.07 Å². The summed E-state index contributed by atoms with van der Waals surface area (Å²) in [6.45, 7) is 3.57. The SMILES string of the molecule is CCC(=O)c1ccc(-c2c(C)cccc2F)o1. The highest BCUT2D eigenvalue weighted by molar-refractivity contribution is 5.93. The Morgan fingerprint density at radius 1 is 1.29 bits per heavy atom. The fraction of sp³-hybridized carbons (Fsp3) is 0.214. The van der Waals surface area contributed by atoms with E-state index in [2.05, 4.69) is 0 Å². The molecule has 0 unspecified atom stereocenters. The van der Waals surface area contributed by atoms with Crippen LogP contribution in [0, 0.1) is 12.7 Å². The number of hydrogen-bond acceptors (Lipinski definition) is 2. The summed E-state index contributed by atoms with van der Waals surface area (Å²) in [7, 11) is 0. The highest BCUT2D eigenvalue weighted by Gasteiger charge is 2.14. The van der Waals surface area contributed by atoms with Gasteiger partial charge in [-0.25, -0.2) is 4.39 Å². The lowest BCUT2D eigenvalue weighted by molar-refractivity contribution is 0.0962. The molecule has 1 aromatic heterocycles. The minimum Gasteiger partial charge on any atom is -0.453 e. The van der Waals surface area contributed by atoms with Gasteiger partial charge in [-0.05, 0) is 30.7 Å². The smallest absolute Gasteiger partial charge is 0.197 e. The third-order valence-electron chi connectivity index (χ3n) is 2.67. The topological polar surface area (TPSA) is 30.2 Å². The zero-order valence-electron chi connectivity index (χ0n) is 9.79. The average Bonchev–Trinajstić information content (AvgIpc) is 2.77. The molecule has 0 radical (unpaired) electrons. The molecule has 3 heteroatoms. The van der Waals surface area contributed by atoms with E-state index in [0.29, 0.717) is 17.7 Å². The third-order valence-corrected chi connectivity index (χ3v) is 2.67. The predicted molar refractivity (Wildman–Crippen MR) is 63.5 cm³/mol. The number of carbonyl (C=O) groups is 1. The van der Waals surface area contributed by atoms with E-state index in [9.17, 15) is 9.18 Å². The quantitative estimate of drug-likeness (QED) is 0.749. The Bertz CT molecular complexity index is 535. The van der Waals surface area contributed by atoms with Crippen molar-refractivity contribution in [2.45, 2.75) is 20.3 Å². The van der Waals surface area contributed by atoms with Gasteiger partial charge in [0.1, 0.15) is 11.6 Å². The van der Waals surface area contributed by atoms with Gasteiger partial charge in [0.15, 0.2) is 11.5 Å². The number of hydrogen-bond donors (Lipinski definition) is 0. The number of aryl methyl sites for hydroxylation is 1. The number of Topliss-reactive ketones (excluding diaryl/α,β-unsaturated/α-hetero) is 1. The highest BCUT2D eigenvalue weighted by Crippen LogP contribution is 2.28. The molecule has 0 saturated heterocycles. The molecule has 0 fully saturated rings. The summed E-state index contributed by atoms with van der Waals surface area (Å²) in [6.07, 6.45) is 0.378. The van der Waals surface area contributed by atoms with E-state index >= 15 is 0 Å². The minimum absolute atomic E-state index is 0.0785. The van der Waals surface area contributed by atoms with Crippen molar-refractivity contribution in [2.24, 2.45) is 0 Å². The van der Waals surface area contributed by atoms with Gasteiger partial charge in [0.05, 0.1) is 5.56 Å². The van der Waals surface area contributed by atoms with Gasteiger partial charge in [-0.1, -0.05) is 19.1 Å². The Morgan fingerprint density at radius 3 is 2.71 bits per heavy atom. The van der Waals surface area contributed by atoms with E-state index < -0.39 is 0 Å². The van der Waals surface area contributed by atoms with Crippen molar-refractivity contribution in [3.05, 3.63) is 47.5 Å². The molecule has 0 atom stereocenters. The van der Waals surface area contributed by atoms with Crippen molar-refractivity contribution in [3.8, 4) is 11.3 Å². The van der Waals surface area contributed by atoms with Gasteiger partial charge in [0.25, 0.3) is 0 Å². The first-order valence-electron chi connectivity index (χ1n) is 5.52. The van der Waals surface area contributed by atoms with Crippen LogP contribution in [0.25, 0.3) is 11.3 Å². The van der Waals surface area contributed by atoms with E-state index in [4.69, 9.17) is 4.42 Å². The van der Waals surface area contributed by atoms with Gasteiger partial charge in [-0.15, -0.1) is 0 Å². The molecule has 0 N–H and O–H groups in total. The van der Waals surface area contributed by atoms with Crippen LogP contribution in [-0.4, -0.2) is 5.78 Å². The summed E-state index contributed by atoms with van der Waals surface area (Å²) < 4.78 is 19.1. The van der Waals surface area contributed by atoms with Crippen molar-refractivity contribution in [1.82, 2.24) is 0 Å². The molecular weight excluding hydrogens is 219 g/mol. The molecule has 2 rings (SSSR count). The predicted octanol–water partition coefficient (Wildman–Crippen LogP) is 3.99. The van der Waals surface area contributed by atoms with Crippen LogP contribution in [0.4, 0.5) is 4.39 Å². The number of ketones is 1. The lowest BCUT2D eigenvalue weighted by Gasteiger charge is -2.03. The van der Waals surface area contributed by atoms with Crippen molar-refractivity contribution in [3.63, 3.8) is 0 Å². The molecule has 0 aliphatic carbocycles. The molecule has 0 aliphatic heterocycles. The number of halogens is 1. The van der Waals surface area contributed by atoms with Crippen LogP contribution in [0.3, 0.4) is 0 Å². The second-order valence-electron chi connectivity index (χ2n) is 3.87. The summed E-state index contributed by atoms with van der Waals surface area (Å²) >= 11 is 0. The largest absolute Gasteiger partial charge is 0.453 e. The molecule has 0 spiro atoms. The van der Waals surface area contributed by atoms with Crippen LogP contribution >= 0.6 is 0 Å². The first-order chi connectivity index (χ1) is 8.13. The van der Waals surface area contributed by atoms with E-state index in [1.54, 1.807) is 25.1 Å². The number of benzene rings is 1. The molecule has 0 bridgehead atoms. The molecule has 88 valence electrons. The fourth-order valence-corrected chi connectivity index (χ4v) is 1.74. The lowest BCUT2D eigenvalue weighted by Crippen LogP contribution is -1.92. The Morgan fingerprint density at radius 2 is 2.06 bits per heavy atom. The standard InChI is InChI=1S/C14H13FO2/c1-3-11(16)12-7-8-13(17-12)14-9(2)5-4-6-10(14)15/h4-8H,3H2,1-2H3. The third kappa shape index (κ3) is 2.13. The van der Waals surface area contributed by atoms with E-state index in [1.807, 2.05) is 13.0 Å². The molecule has 2 aromatic rings. The molecule has 0 aliphatic rings. The number of furan rings is 1. The molecule has 17 heavy (non-hydrogen) atoms. The normalized spacial score (nSPS) is 10.5. The van der Waals surface area contributed by atoms with Gasteiger partial charge in [-0.3, -0.25) is 4.79 Å². The maximum absolute atomic E-state index is 13.7. The second kappa shape index (κ2) is 4.53. The molecule has 1 aromatic carbocycles. The monoisotopic (exact) mass is 232 g/mol. The minimum atomic E-state index is -0.338. The van der Waals surface area contributed by atoms with Crippen molar-refractivity contribution < 1.29 is 13.6 Å². The van der Waals surface area contributed by atoms with Gasteiger partial charge < -0.3 is 4.42 Å². The summed E-state index contributed by atoms with van der Waals surface area (Å²) in [4.78, 5) is 11.4. The van der Waals surface area contributed by atoms with Crippen molar-refractivity contribution in [2.75, 3.05) is 0 Å².